The molecule has 0 heterocycles. The van der Waals surface area contributed by atoms with Gasteiger partial charge >= 0.3 is 0 Å². The number of benzene rings is 1. The minimum atomic E-state index is -0.871. The number of nitrogens with one attached hydrogen (secondary N) is 1. The fourth-order valence-electron chi connectivity index (χ4n) is 1.71. The fourth-order valence-corrected chi connectivity index (χ4v) is 1.95. The van der Waals surface area contributed by atoms with E-state index < -0.39 is 11.4 Å². The van der Waals surface area contributed by atoms with Crippen LogP contribution >= 0.6 is 15.9 Å². The second-order valence-corrected chi connectivity index (χ2v) is 5.49. The smallest absolute Gasteiger partial charge is 0.244 e. The lowest BCUT2D eigenvalue weighted by molar-refractivity contribution is -0.121. The van der Waals surface area contributed by atoms with E-state index in [2.05, 4.69) is 21.2 Å². The Morgan fingerprint density at radius 3 is 2.76 bits per heavy atom. The molecule has 1 fully saturated rings. The van der Waals surface area contributed by atoms with Crippen molar-refractivity contribution in [2.75, 3.05) is 5.32 Å². The quantitative estimate of drug-likeness (QED) is 0.902. The topological polar surface area (TPSA) is 55.1 Å². The molecule has 5 heteroatoms. The molecule has 0 aliphatic heterocycles. The summed E-state index contributed by atoms with van der Waals surface area (Å²) in [6, 6.07) is 4.45. The van der Waals surface area contributed by atoms with Crippen LogP contribution in [0.5, 0.6) is 0 Å². The van der Waals surface area contributed by atoms with Crippen LogP contribution in [-0.2, 0) is 4.79 Å². The molecule has 1 aromatic rings. The van der Waals surface area contributed by atoms with Gasteiger partial charge in [-0.05, 0) is 59.8 Å². The first-order valence-electron chi connectivity index (χ1n) is 5.46. The minimum absolute atomic E-state index is 0.239. The van der Waals surface area contributed by atoms with Crippen molar-refractivity contribution in [2.45, 2.75) is 25.3 Å². The molecule has 1 aromatic carbocycles. The summed E-state index contributed by atoms with van der Waals surface area (Å²) in [7, 11) is 0. The average molecular weight is 301 g/mol. The van der Waals surface area contributed by atoms with Crippen LogP contribution in [0, 0.1) is 11.7 Å². The third-order valence-corrected chi connectivity index (χ3v) is 3.74. The Morgan fingerprint density at radius 2 is 2.24 bits per heavy atom. The van der Waals surface area contributed by atoms with Crippen LogP contribution in [0.3, 0.4) is 0 Å². The van der Waals surface area contributed by atoms with E-state index in [1.165, 1.54) is 6.07 Å². The van der Waals surface area contributed by atoms with Gasteiger partial charge in [0.15, 0.2) is 0 Å². The molecule has 0 bridgehead atoms. The van der Waals surface area contributed by atoms with Crippen LogP contribution in [0.1, 0.15) is 19.8 Å². The molecule has 3 N–H and O–H groups in total. The summed E-state index contributed by atoms with van der Waals surface area (Å²) >= 11 is 3.06. The number of hydrogen-bond donors (Lipinski definition) is 2. The number of anilines is 1. The van der Waals surface area contributed by atoms with Crippen molar-refractivity contribution in [2.24, 2.45) is 11.7 Å². The third kappa shape index (κ3) is 2.66. The van der Waals surface area contributed by atoms with Gasteiger partial charge in [0, 0.05) is 5.69 Å². The standard InChI is InChI=1S/C12H14BrFN2O/c1-12(15,7-2-3-7)11(17)16-8-4-5-9(13)10(14)6-8/h4-7H,2-3,15H2,1H3,(H,16,17). The molecule has 0 saturated heterocycles. The average Bonchev–Trinajstić information content (AvgIpc) is 3.07. The summed E-state index contributed by atoms with van der Waals surface area (Å²) in [5, 5.41) is 2.65. The molecule has 1 amide bonds. The van der Waals surface area contributed by atoms with Crippen molar-refractivity contribution in [3.63, 3.8) is 0 Å². The predicted molar refractivity (Wildman–Crippen MR) is 68.0 cm³/mol. The van der Waals surface area contributed by atoms with E-state index in [1.807, 2.05) is 0 Å². The van der Waals surface area contributed by atoms with Gasteiger partial charge < -0.3 is 11.1 Å². The number of carbonyl (C=O) groups is 1. The zero-order valence-corrected chi connectivity index (χ0v) is 11.1. The van der Waals surface area contributed by atoms with E-state index in [4.69, 9.17) is 5.73 Å². The number of halogens is 2. The normalized spacial score (nSPS) is 18.6. The molecule has 17 heavy (non-hydrogen) atoms. The first kappa shape index (κ1) is 12.5. The number of nitrogens with two attached hydrogens (primary N) is 1. The maximum Gasteiger partial charge on any atom is 0.244 e. The van der Waals surface area contributed by atoms with Gasteiger partial charge in [-0.15, -0.1) is 0 Å². The molecular formula is C12H14BrFN2O. The molecule has 2 rings (SSSR count). The number of rotatable bonds is 3. The highest BCUT2D eigenvalue weighted by molar-refractivity contribution is 9.10. The Hall–Kier alpha value is -0.940. The molecule has 1 atom stereocenters. The maximum atomic E-state index is 13.3. The number of amides is 1. The Bertz CT molecular complexity index is 458. The van der Waals surface area contributed by atoms with Gasteiger partial charge in [-0.2, -0.15) is 0 Å². The monoisotopic (exact) mass is 300 g/mol. The summed E-state index contributed by atoms with van der Waals surface area (Å²) in [5.74, 6) is -0.433. The first-order valence-corrected chi connectivity index (χ1v) is 6.26. The van der Waals surface area contributed by atoms with Crippen molar-refractivity contribution in [1.29, 1.82) is 0 Å². The molecular weight excluding hydrogens is 287 g/mol. The highest BCUT2D eigenvalue weighted by Gasteiger charge is 2.44. The molecule has 1 unspecified atom stereocenters. The van der Waals surface area contributed by atoms with E-state index in [0.717, 1.165) is 12.8 Å². The Balaban J connectivity index is 2.10. The summed E-state index contributed by atoms with van der Waals surface area (Å²) in [4.78, 5) is 11.9. The minimum Gasteiger partial charge on any atom is -0.324 e. The number of carbonyl (C=O) groups excluding carboxylic acids is 1. The van der Waals surface area contributed by atoms with E-state index in [1.54, 1.807) is 19.1 Å². The van der Waals surface area contributed by atoms with Gasteiger partial charge in [-0.3, -0.25) is 4.79 Å². The van der Waals surface area contributed by atoms with E-state index >= 15 is 0 Å². The fraction of sp³-hybridized carbons (Fsp3) is 0.417. The van der Waals surface area contributed by atoms with Crippen LogP contribution in [0.25, 0.3) is 0 Å². The van der Waals surface area contributed by atoms with E-state index in [0.29, 0.717) is 10.2 Å². The molecule has 3 nitrogen and oxygen atoms in total. The third-order valence-electron chi connectivity index (χ3n) is 3.09. The summed E-state index contributed by atoms with van der Waals surface area (Å²) in [5.41, 5.74) is 5.52. The van der Waals surface area contributed by atoms with Crippen LogP contribution in [0.4, 0.5) is 10.1 Å². The summed E-state index contributed by atoms with van der Waals surface area (Å²) in [6.07, 6.45) is 1.96. The lowest BCUT2D eigenvalue weighted by atomic mass is 9.96. The lowest BCUT2D eigenvalue weighted by Gasteiger charge is -2.23. The van der Waals surface area contributed by atoms with Crippen molar-refractivity contribution in [1.82, 2.24) is 0 Å². The van der Waals surface area contributed by atoms with Crippen LogP contribution in [-0.4, -0.2) is 11.4 Å². The van der Waals surface area contributed by atoms with Gasteiger partial charge in [0.1, 0.15) is 5.82 Å². The van der Waals surface area contributed by atoms with Gasteiger partial charge in [-0.1, -0.05) is 0 Å². The van der Waals surface area contributed by atoms with Gasteiger partial charge in [0.05, 0.1) is 10.0 Å². The van der Waals surface area contributed by atoms with E-state index in [-0.39, 0.29) is 11.8 Å². The van der Waals surface area contributed by atoms with Crippen LogP contribution in [0.15, 0.2) is 22.7 Å². The van der Waals surface area contributed by atoms with E-state index in [9.17, 15) is 9.18 Å². The maximum absolute atomic E-state index is 13.3. The molecule has 0 spiro atoms. The summed E-state index contributed by atoms with van der Waals surface area (Å²) in [6.45, 7) is 1.72. The van der Waals surface area contributed by atoms with Crippen LogP contribution in [0.2, 0.25) is 0 Å². The Labute approximate surface area is 108 Å². The zero-order valence-electron chi connectivity index (χ0n) is 9.47. The zero-order chi connectivity index (χ0) is 12.6. The number of hydrogen-bond acceptors (Lipinski definition) is 2. The Kier molecular flexibility index (Phi) is 3.23. The highest BCUT2D eigenvalue weighted by atomic mass is 79.9. The molecule has 92 valence electrons. The van der Waals surface area contributed by atoms with Crippen molar-refractivity contribution < 1.29 is 9.18 Å². The highest BCUT2D eigenvalue weighted by Crippen LogP contribution is 2.38. The Morgan fingerprint density at radius 1 is 1.59 bits per heavy atom. The largest absolute Gasteiger partial charge is 0.324 e. The van der Waals surface area contributed by atoms with Gasteiger partial charge in [0.2, 0.25) is 5.91 Å². The second-order valence-electron chi connectivity index (χ2n) is 4.64. The second kappa shape index (κ2) is 4.38. The predicted octanol–water partition coefficient (Wildman–Crippen LogP) is 2.65. The van der Waals surface area contributed by atoms with Crippen molar-refractivity contribution in [3.05, 3.63) is 28.5 Å². The van der Waals surface area contributed by atoms with Gasteiger partial charge in [0.25, 0.3) is 0 Å². The molecule has 0 aromatic heterocycles. The lowest BCUT2D eigenvalue weighted by Crippen LogP contribution is -2.50. The van der Waals surface area contributed by atoms with Crippen molar-refractivity contribution in [3.8, 4) is 0 Å². The summed E-state index contributed by atoms with van der Waals surface area (Å²) < 4.78 is 13.6. The molecule has 1 aliphatic rings. The van der Waals surface area contributed by atoms with Gasteiger partial charge in [-0.25, -0.2) is 4.39 Å². The van der Waals surface area contributed by atoms with Crippen molar-refractivity contribution >= 4 is 27.5 Å². The molecule has 1 saturated carbocycles. The molecule has 1 aliphatic carbocycles. The first-order chi connectivity index (χ1) is 7.91. The SMILES string of the molecule is CC(N)(C(=O)Nc1ccc(Br)c(F)c1)C1CC1. The van der Waals surface area contributed by atoms with Crippen LogP contribution < -0.4 is 11.1 Å². The molecule has 0 radical (unpaired) electrons.